The van der Waals surface area contributed by atoms with E-state index in [4.69, 9.17) is 4.74 Å². The Morgan fingerprint density at radius 3 is 2.95 bits per heavy atom. The second-order valence-electron chi connectivity index (χ2n) is 5.40. The Bertz CT molecular complexity index is 449. The first-order valence-electron chi connectivity index (χ1n) is 7.04. The molecule has 6 nitrogen and oxygen atoms in total. The number of anilines is 1. The van der Waals surface area contributed by atoms with Crippen molar-refractivity contribution in [2.24, 2.45) is 11.8 Å². The summed E-state index contributed by atoms with van der Waals surface area (Å²) in [5, 5.41) is 15.8. The van der Waals surface area contributed by atoms with Gasteiger partial charge in [-0.05, 0) is 12.5 Å². The van der Waals surface area contributed by atoms with Crippen molar-refractivity contribution in [2.75, 3.05) is 25.1 Å². The SMILES string of the molecule is CCNC1COCC1C(=O)Nc1nnc(CC(C)C)s1. The van der Waals surface area contributed by atoms with Gasteiger partial charge in [0.2, 0.25) is 11.0 Å². The summed E-state index contributed by atoms with van der Waals surface area (Å²) in [6, 6.07) is 0.0862. The van der Waals surface area contributed by atoms with Gasteiger partial charge in [-0.3, -0.25) is 4.79 Å². The second-order valence-corrected chi connectivity index (χ2v) is 6.46. The molecule has 2 rings (SSSR count). The van der Waals surface area contributed by atoms with Crippen molar-refractivity contribution in [2.45, 2.75) is 33.2 Å². The molecule has 7 heteroatoms. The lowest BCUT2D eigenvalue weighted by Crippen LogP contribution is -2.41. The van der Waals surface area contributed by atoms with Crippen molar-refractivity contribution in [3.63, 3.8) is 0 Å². The van der Waals surface area contributed by atoms with Crippen LogP contribution in [0.3, 0.4) is 0 Å². The van der Waals surface area contributed by atoms with Gasteiger partial charge in [-0.1, -0.05) is 32.1 Å². The molecule has 2 atom stereocenters. The van der Waals surface area contributed by atoms with Crippen molar-refractivity contribution < 1.29 is 9.53 Å². The number of nitrogens with one attached hydrogen (secondary N) is 2. The summed E-state index contributed by atoms with van der Waals surface area (Å²) in [7, 11) is 0. The Hall–Kier alpha value is -1.05. The first-order valence-corrected chi connectivity index (χ1v) is 7.86. The molecule has 1 aromatic rings. The average molecular weight is 298 g/mol. The van der Waals surface area contributed by atoms with Crippen LogP contribution in [0.1, 0.15) is 25.8 Å². The molecular formula is C13H22N4O2S. The van der Waals surface area contributed by atoms with Crippen LogP contribution < -0.4 is 10.6 Å². The fraction of sp³-hybridized carbons (Fsp3) is 0.769. The van der Waals surface area contributed by atoms with Crippen LogP contribution in [-0.2, 0) is 16.0 Å². The van der Waals surface area contributed by atoms with Crippen LogP contribution in [0.15, 0.2) is 0 Å². The van der Waals surface area contributed by atoms with Crippen LogP contribution in [0.25, 0.3) is 0 Å². The lowest BCUT2D eigenvalue weighted by Gasteiger charge is -2.16. The van der Waals surface area contributed by atoms with E-state index in [1.54, 1.807) is 0 Å². The molecule has 0 aliphatic carbocycles. The fourth-order valence-corrected chi connectivity index (χ4v) is 3.16. The predicted molar refractivity (Wildman–Crippen MR) is 78.9 cm³/mol. The van der Waals surface area contributed by atoms with Gasteiger partial charge >= 0.3 is 0 Å². The van der Waals surface area contributed by atoms with Crippen molar-refractivity contribution in [1.82, 2.24) is 15.5 Å². The minimum atomic E-state index is -0.160. The highest BCUT2D eigenvalue weighted by Gasteiger charge is 2.33. The van der Waals surface area contributed by atoms with Crippen LogP contribution >= 0.6 is 11.3 Å². The zero-order valence-electron chi connectivity index (χ0n) is 12.2. The Kier molecular flexibility index (Phi) is 5.45. The minimum Gasteiger partial charge on any atom is -0.379 e. The summed E-state index contributed by atoms with van der Waals surface area (Å²) >= 11 is 1.45. The van der Waals surface area contributed by atoms with Crippen LogP contribution in [0, 0.1) is 11.8 Å². The van der Waals surface area contributed by atoms with Gasteiger partial charge in [0.15, 0.2) is 0 Å². The van der Waals surface area contributed by atoms with Gasteiger partial charge < -0.3 is 15.4 Å². The number of rotatable bonds is 6. The van der Waals surface area contributed by atoms with Gasteiger partial charge in [0.25, 0.3) is 0 Å². The highest BCUT2D eigenvalue weighted by Crippen LogP contribution is 2.21. The molecule has 2 N–H and O–H groups in total. The van der Waals surface area contributed by atoms with E-state index >= 15 is 0 Å². The number of ether oxygens (including phenoxy) is 1. The summed E-state index contributed by atoms with van der Waals surface area (Å²) < 4.78 is 5.38. The normalized spacial score (nSPS) is 22.4. The summed E-state index contributed by atoms with van der Waals surface area (Å²) in [6.07, 6.45) is 0.889. The molecule has 0 spiro atoms. The highest BCUT2D eigenvalue weighted by molar-refractivity contribution is 7.15. The summed E-state index contributed by atoms with van der Waals surface area (Å²) in [5.41, 5.74) is 0. The van der Waals surface area contributed by atoms with Gasteiger partial charge in [-0.15, -0.1) is 10.2 Å². The average Bonchev–Trinajstić information content (AvgIpc) is 2.98. The largest absolute Gasteiger partial charge is 0.379 e. The van der Waals surface area contributed by atoms with Crippen molar-refractivity contribution in [3.05, 3.63) is 5.01 Å². The van der Waals surface area contributed by atoms with E-state index in [1.165, 1.54) is 11.3 Å². The number of hydrogen-bond acceptors (Lipinski definition) is 6. The van der Waals surface area contributed by atoms with Crippen LogP contribution in [0.5, 0.6) is 0 Å². The monoisotopic (exact) mass is 298 g/mol. The lowest BCUT2D eigenvalue weighted by atomic mass is 10.0. The first kappa shape index (κ1) is 15.3. The fourth-order valence-electron chi connectivity index (χ4n) is 2.21. The molecule has 2 unspecified atom stereocenters. The van der Waals surface area contributed by atoms with Gasteiger partial charge in [0.1, 0.15) is 5.01 Å². The Morgan fingerprint density at radius 1 is 1.45 bits per heavy atom. The number of amides is 1. The van der Waals surface area contributed by atoms with E-state index in [0.29, 0.717) is 24.3 Å². The van der Waals surface area contributed by atoms with E-state index in [2.05, 4.69) is 34.7 Å². The number of hydrogen-bond donors (Lipinski definition) is 2. The zero-order chi connectivity index (χ0) is 14.5. The molecule has 0 radical (unpaired) electrons. The van der Waals surface area contributed by atoms with Crippen LogP contribution in [0.4, 0.5) is 5.13 Å². The van der Waals surface area contributed by atoms with Gasteiger partial charge in [0, 0.05) is 12.5 Å². The maximum absolute atomic E-state index is 12.2. The molecular weight excluding hydrogens is 276 g/mol. The topological polar surface area (TPSA) is 76.1 Å². The van der Waals surface area contributed by atoms with E-state index in [9.17, 15) is 4.79 Å². The number of likely N-dealkylation sites (N-methyl/N-ethyl adjacent to an activating group) is 1. The molecule has 1 aromatic heterocycles. The molecule has 112 valence electrons. The van der Waals surface area contributed by atoms with Gasteiger partial charge in [-0.25, -0.2) is 0 Å². The summed E-state index contributed by atoms with van der Waals surface area (Å²) in [5.74, 6) is 0.334. The third kappa shape index (κ3) is 3.97. The smallest absolute Gasteiger partial charge is 0.233 e. The molecule has 1 aliphatic heterocycles. The van der Waals surface area contributed by atoms with Crippen molar-refractivity contribution in [3.8, 4) is 0 Å². The molecule has 20 heavy (non-hydrogen) atoms. The third-order valence-corrected chi connectivity index (χ3v) is 4.02. The van der Waals surface area contributed by atoms with Gasteiger partial charge in [0.05, 0.1) is 19.1 Å². The van der Waals surface area contributed by atoms with Crippen molar-refractivity contribution in [1.29, 1.82) is 0 Å². The van der Waals surface area contributed by atoms with Crippen LogP contribution in [0.2, 0.25) is 0 Å². The predicted octanol–water partition coefficient (Wildman–Crippen LogP) is 1.30. The molecule has 1 saturated heterocycles. The molecule has 0 aromatic carbocycles. The molecule has 2 heterocycles. The lowest BCUT2D eigenvalue weighted by molar-refractivity contribution is -0.120. The van der Waals surface area contributed by atoms with E-state index in [0.717, 1.165) is 18.0 Å². The van der Waals surface area contributed by atoms with Crippen LogP contribution in [-0.4, -0.2) is 41.9 Å². The molecule has 0 bridgehead atoms. The third-order valence-electron chi connectivity index (χ3n) is 3.16. The highest BCUT2D eigenvalue weighted by atomic mass is 32.1. The zero-order valence-corrected chi connectivity index (χ0v) is 13.0. The van der Waals surface area contributed by atoms with E-state index in [-0.39, 0.29) is 17.9 Å². The number of aromatic nitrogens is 2. The Morgan fingerprint density at radius 2 is 2.25 bits per heavy atom. The summed E-state index contributed by atoms with van der Waals surface area (Å²) in [4.78, 5) is 12.2. The Labute approximate surface area is 123 Å². The van der Waals surface area contributed by atoms with E-state index < -0.39 is 0 Å². The number of carbonyl (C=O) groups excluding carboxylic acids is 1. The molecule has 1 fully saturated rings. The second kappa shape index (κ2) is 7.10. The van der Waals surface area contributed by atoms with E-state index in [1.807, 2.05) is 6.92 Å². The molecule has 0 saturated carbocycles. The van der Waals surface area contributed by atoms with Gasteiger partial charge in [-0.2, -0.15) is 0 Å². The maximum atomic E-state index is 12.2. The van der Waals surface area contributed by atoms with Crippen molar-refractivity contribution >= 4 is 22.4 Å². The first-order chi connectivity index (χ1) is 9.60. The molecule has 1 amide bonds. The quantitative estimate of drug-likeness (QED) is 0.828. The summed E-state index contributed by atoms with van der Waals surface area (Å²) in [6.45, 7) is 8.17. The number of carbonyl (C=O) groups is 1. The standard InChI is InChI=1S/C13H22N4O2S/c1-4-14-10-7-19-6-9(10)12(18)15-13-17-16-11(20-13)5-8(2)3/h8-10,14H,4-7H2,1-3H3,(H,15,17,18). The Balaban J connectivity index is 1.92. The molecule has 1 aliphatic rings. The minimum absolute atomic E-state index is 0.0410. The number of nitrogens with zero attached hydrogens (tertiary/aromatic N) is 2. The maximum Gasteiger partial charge on any atom is 0.233 e.